The van der Waals surface area contributed by atoms with Gasteiger partial charge in [-0.3, -0.25) is 4.79 Å². The van der Waals surface area contributed by atoms with Crippen molar-refractivity contribution in [3.63, 3.8) is 0 Å². The minimum absolute atomic E-state index is 0.212. The molecule has 0 saturated carbocycles. The molecule has 2 aromatic carbocycles. The molecule has 4 rings (SSSR count). The fourth-order valence-corrected chi connectivity index (χ4v) is 3.18. The van der Waals surface area contributed by atoms with E-state index in [1.54, 1.807) is 30.3 Å². The summed E-state index contributed by atoms with van der Waals surface area (Å²) in [4.78, 5) is 14.6. The molecule has 0 bridgehead atoms. The quantitative estimate of drug-likeness (QED) is 0.780. The van der Waals surface area contributed by atoms with Crippen LogP contribution in [0, 0.1) is 11.3 Å². The zero-order valence-corrected chi connectivity index (χ0v) is 14.6. The van der Waals surface area contributed by atoms with Gasteiger partial charge < -0.3 is 10.2 Å². The van der Waals surface area contributed by atoms with Crippen LogP contribution in [0.5, 0.6) is 0 Å². The van der Waals surface area contributed by atoms with Gasteiger partial charge in [-0.1, -0.05) is 36.4 Å². The molecule has 1 aliphatic heterocycles. The van der Waals surface area contributed by atoms with E-state index in [-0.39, 0.29) is 11.6 Å². The number of para-hydroxylation sites is 1. The molecule has 0 aliphatic carbocycles. The van der Waals surface area contributed by atoms with Crippen LogP contribution in [-0.2, 0) is 13.0 Å². The van der Waals surface area contributed by atoms with Crippen LogP contribution in [0.3, 0.4) is 0 Å². The Morgan fingerprint density at radius 1 is 1.00 bits per heavy atom. The number of nitriles is 1. The summed E-state index contributed by atoms with van der Waals surface area (Å²) in [6, 6.07) is 20.8. The summed E-state index contributed by atoms with van der Waals surface area (Å²) in [5.74, 6) is 0.360. The lowest BCUT2D eigenvalue weighted by molar-refractivity contribution is 0.102. The lowest BCUT2D eigenvalue weighted by atomic mass is 10.00. The van der Waals surface area contributed by atoms with Crippen LogP contribution >= 0.6 is 0 Å². The van der Waals surface area contributed by atoms with Crippen molar-refractivity contribution in [3.8, 4) is 6.07 Å². The Bertz CT molecular complexity index is 1020. The van der Waals surface area contributed by atoms with E-state index in [4.69, 9.17) is 5.26 Å². The summed E-state index contributed by atoms with van der Waals surface area (Å²) in [6.07, 6.45) is 0.963. The van der Waals surface area contributed by atoms with E-state index in [2.05, 4.69) is 44.7 Å². The van der Waals surface area contributed by atoms with E-state index >= 15 is 0 Å². The molecule has 1 aromatic heterocycles. The van der Waals surface area contributed by atoms with Gasteiger partial charge in [0, 0.05) is 13.1 Å². The van der Waals surface area contributed by atoms with Crippen LogP contribution in [-0.4, -0.2) is 22.6 Å². The Balaban J connectivity index is 1.48. The first-order valence-electron chi connectivity index (χ1n) is 8.70. The Morgan fingerprint density at radius 2 is 1.78 bits per heavy atom. The molecule has 0 radical (unpaired) electrons. The molecule has 6 nitrogen and oxygen atoms in total. The third-order valence-corrected chi connectivity index (χ3v) is 4.63. The van der Waals surface area contributed by atoms with Gasteiger partial charge in [-0.05, 0) is 41.8 Å². The number of carbonyl (C=O) groups is 1. The molecule has 0 unspecified atom stereocenters. The molecule has 0 saturated heterocycles. The number of rotatable bonds is 3. The molecular formula is C21H17N5O. The minimum atomic E-state index is -0.388. The summed E-state index contributed by atoms with van der Waals surface area (Å²) in [5, 5.41) is 20.1. The highest BCUT2D eigenvalue weighted by Gasteiger charge is 2.18. The Morgan fingerprint density at radius 3 is 2.56 bits per heavy atom. The van der Waals surface area contributed by atoms with Gasteiger partial charge in [0.1, 0.15) is 6.07 Å². The number of fused-ring (bicyclic) bond motifs is 1. The fraction of sp³-hybridized carbons (Fsp3) is 0.143. The van der Waals surface area contributed by atoms with Gasteiger partial charge in [-0.15, -0.1) is 10.2 Å². The second-order valence-electron chi connectivity index (χ2n) is 6.33. The maximum absolute atomic E-state index is 12.4. The highest BCUT2D eigenvalue weighted by Crippen LogP contribution is 2.22. The normalized spacial score (nSPS) is 12.8. The maximum Gasteiger partial charge on any atom is 0.276 e. The molecule has 0 spiro atoms. The van der Waals surface area contributed by atoms with Crippen molar-refractivity contribution >= 4 is 17.4 Å². The van der Waals surface area contributed by atoms with Gasteiger partial charge >= 0.3 is 0 Å². The van der Waals surface area contributed by atoms with Crippen LogP contribution in [0.1, 0.15) is 27.2 Å². The number of aromatic nitrogens is 2. The molecule has 27 heavy (non-hydrogen) atoms. The highest BCUT2D eigenvalue weighted by atomic mass is 16.1. The zero-order valence-electron chi connectivity index (χ0n) is 14.6. The molecule has 2 heterocycles. The Labute approximate surface area is 157 Å². The first-order chi connectivity index (χ1) is 13.2. The molecular weight excluding hydrogens is 338 g/mol. The van der Waals surface area contributed by atoms with E-state index in [0.717, 1.165) is 25.3 Å². The van der Waals surface area contributed by atoms with Crippen LogP contribution in [0.25, 0.3) is 0 Å². The summed E-state index contributed by atoms with van der Waals surface area (Å²) in [5.41, 5.74) is 3.74. The van der Waals surface area contributed by atoms with Gasteiger partial charge in [0.15, 0.2) is 11.5 Å². The Kier molecular flexibility index (Phi) is 4.50. The average molecular weight is 355 g/mol. The summed E-state index contributed by atoms with van der Waals surface area (Å²) in [6.45, 7) is 1.65. The van der Waals surface area contributed by atoms with Crippen LogP contribution in [0.2, 0.25) is 0 Å². The van der Waals surface area contributed by atoms with Gasteiger partial charge in [0.05, 0.1) is 11.3 Å². The SMILES string of the molecule is N#Cc1ccccc1NC(=O)c1ccc(N2CCc3ccccc3C2)nn1. The molecule has 1 N–H and O–H groups in total. The lowest BCUT2D eigenvalue weighted by Gasteiger charge is -2.29. The smallest absolute Gasteiger partial charge is 0.276 e. The second kappa shape index (κ2) is 7.26. The number of benzene rings is 2. The highest BCUT2D eigenvalue weighted by molar-refractivity contribution is 6.03. The number of carbonyl (C=O) groups excluding carboxylic acids is 1. The zero-order chi connectivity index (χ0) is 18.6. The summed E-state index contributed by atoms with van der Waals surface area (Å²) >= 11 is 0. The Hall–Kier alpha value is -3.72. The first kappa shape index (κ1) is 16.7. The van der Waals surface area contributed by atoms with Gasteiger partial charge in [0.2, 0.25) is 0 Å². The molecule has 6 heteroatoms. The molecule has 1 amide bonds. The van der Waals surface area contributed by atoms with Crippen molar-refractivity contribution in [2.75, 3.05) is 16.8 Å². The second-order valence-corrected chi connectivity index (χ2v) is 6.33. The van der Waals surface area contributed by atoms with Gasteiger partial charge in [-0.2, -0.15) is 5.26 Å². The number of nitrogens with one attached hydrogen (secondary N) is 1. The summed E-state index contributed by atoms with van der Waals surface area (Å²) < 4.78 is 0. The van der Waals surface area contributed by atoms with Gasteiger partial charge in [0.25, 0.3) is 5.91 Å². The number of nitrogens with zero attached hydrogens (tertiary/aromatic N) is 4. The number of anilines is 2. The van der Waals surface area contributed by atoms with Crippen molar-refractivity contribution < 1.29 is 4.79 Å². The van der Waals surface area contributed by atoms with Crippen molar-refractivity contribution in [1.29, 1.82) is 5.26 Å². The van der Waals surface area contributed by atoms with Crippen LogP contribution < -0.4 is 10.2 Å². The fourth-order valence-electron chi connectivity index (χ4n) is 3.18. The number of hydrogen-bond donors (Lipinski definition) is 1. The third-order valence-electron chi connectivity index (χ3n) is 4.63. The van der Waals surface area contributed by atoms with Crippen LogP contribution in [0.15, 0.2) is 60.7 Å². The molecule has 3 aromatic rings. The lowest BCUT2D eigenvalue weighted by Crippen LogP contribution is -2.31. The topological polar surface area (TPSA) is 81.9 Å². The van der Waals surface area contributed by atoms with Crippen molar-refractivity contribution in [3.05, 3.63) is 83.0 Å². The van der Waals surface area contributed by atoms with E-state index < -0.39 is 0 Å². The van der Waals surface area contributed by atoms with E-state index in [0.29, 0.717) is 11.3 Å². The minimum Gasteiger partial charge on any atom is -0.350 e. The van der Waals surface area contributed by atoms with E-state index in [1.807, 2.05) is 12.1 Å². The van der Waals surface area contributed by atoms with Crippen molar-refractivity contribution in [2.45, 2.75) is 13.0 Å². The predicted molar refractivity (Wildman–Crippen MR) is 102 cm³/mol. The summed E-state index contributed by atoms with van der Waals surface area (Å²) in [7, 11) is 0. The largest absolute Gasteiger partial charge is 0.350 e. The monoisotopic (exact) mass is 355 g/mol. The van der Waals surface area contributed by atoms with Crippen molar-refractivity contribution in [1.82, 2.24) is 10.2 Å². The van der Waals surface area contributed by atoms with Crippen LogP contribution in [0.4, 0.5) is 11.5 Å². The molecule has 1 aliphatic rings. The standard InChI is InChI=1S/C21H17N5O/c22-13-16-6-3-4-8-18(16)23-21(27)19-9-10-20(25-24-19)26-12-11-15-5-1-2-7-17(15)14-26/h1-10H,11-12,14H2,(H,23,27). The number of hydrogen-bond acceptors (Lipinski definition) is 5. The maximum atomic E-state index is 12.4. The van der Waals surface area contributed by atoms with Crippen molar-refractivity contribution in [2.24, 2.45) is 0 Å². The molecule has 132 valence electrons. The van der Waals surface area contributed by atoms with E-state index in [9.17, 15) is 4.79 Å². The first-order valence-corrected chi connectivity index (χ1v) is 8.70. The molecule has 0 fully saturated rings. The number of amides is 1. The molecule has 0 atom stereocenters. The average Bonchev–Trinajstić information content (AvgIpc) is 2.74. The third kappa shape index (κ3) is 3.48. The van der Waals surface area contributed by atoms with E-state index in [1.165, 1.54) is 11.1 Å². The predicted octanol–water partition coefficient (Wildman–Crippen LogP) is 3.16. The van der Waals surface area contributed by atoms with Gasteiger partial charge in [-0.25, -0.2) is 0 Å².